The molecular weight excluding hydrogens is 403 g/mol. The van der Waals surface area contributed by atoms with Gasteiger partial charge in [-0.15, -0.1) is 0 Å². The minimum absolute atomic E-state index is 0.148. The molecule has 0 bridgehead atoms. The van der Waals surface area contributed by atoms with Crippen molar-refractivity contribution < 1.29 is 9.13 Å². The highest BCUT2D eigenvalue weighted by atomic mass is 79.9. The van der Waals surface area contributed by atoms with Crippen LogP contribution in [0.5, 0.6) is 5.75 Å². The SMILES string of the molecule is COc1ccc(Br)cc1CC(NN)c1ccc(F)c(Br)c1. The molecule has 0 aliphatic rings. The Bertz CT molecular complexity index is 637. The van der Waals surface area contributed by atoms with Crippen molar-refractivity contribution in [2.24, 2.45) is 5.84 Å². The van der Waals surface area contributed by atoms with Gasteiger partial charge in [-0.3, -0.25) is 11.3 Å². The minimum atomic E-state index is -0.297. The first kappa shape index (κ1) is 16.4. The lowest BCUT2D eigenvalue weighted by Gasteiger charge is -2.18. The molecule has 6 heteroatoms. The highest BCUT2D eigenvalue weighted by molar-refractivity contribution is 9.10. The predicted molar refractivity (Wildman–Crippen MR) is 88.6 cm³/mol. The largest absolute Gasteiger partial charge is 0.496 e. The third-order valence-electron chi connectivity index (χ3n) is 3.21. The van der Waals surface area contributed by atoms with Crippen LogP contribution in [0.3, 0.4) is 0 Å². The fourth-order valence-electron chi connectivity index (χ4n) is 2.13. The van der Waals surface area contributed by atoms with Gasteiger partial charge in [0.25, 0.3) is 0 Å². The molecule has 1 unspecified atom stereocenters. The number of halogens is 3. The molecule has 0 aliphatic heterocycles. The van der Waals surface area contributed by atoms with Crippen LogP contribution in [0, 0.1) is 5.82 Å². The molecule has 0 radical (unpaired) electrons. The fraction of sp³-hybridized carbons (Fsp3) is 0.200. The number of methoxy groups -OCH3 is 1. The molecule has 0 heterocycles. The summed E-state index contributed by atoms with van der Waals surface area (Å²) in [6.07, 6.45) is 0.622. The van der Waals surface area contributed by atoms with Crippen molar-refractivity contribution in [2.75, 3.05) is 7.11 Å². The van der Waals surface area contributed by atoms with Gasteiger partial charge in [-0.25, -0.2) is 4.39 Å². The molecular formula is C15H15Br2FN2O. The highest BCUT2D eigenvalue weighted by Crippen LogP contribution is 2.29. The van der Waals surface area contributed by atoms with Gasteiger partial charge in [0.1, 0.15) is 11.6 Å². The second-order valence-corrected chi connectivity index (χ2v) is 6.32. The molecule has 2 aromatic carbocycles. The molecule has 2 rings (SSSR count). The standard InChI is InChI=1S/C15H15Br2FN2O/c1-21-15-5-3-11(16)6-10(15)8-14(20-19)9-2-4-13(18)12(17)7-9/h2-7,14,20H,8,19H2,1H3. The first-order valence-corrected chi connectivity index (χ1v) is 7.87. The monoisotopic (exact) mass is 416 g/mol. The highest BCUT2D eigenvalue weighted by Gasteiger charge is 2.15. The van der Waals surface area contributed by atoms with E-state index in [0.29, 0.717) is 10.9 Å². The third-order valence-corrected chi connectivity index (χ3v) is 4.31. The lowest BCUT2D eigenvalue weighted by atomic mass is 9.99. The van der Waals surface area contributed by atoms with Gasteiger partial charge in [0.2, 0.25) is 0 Å². The summed E-state index contributed by atoms with van der Waals surface area (Å²) in [6.45, 7) is 0. The first-order valence-electron chi connectivity index (χ1n) is 6.28. The third kappa shape index (κ3) is 4.03. The van der Waals surface area contributed by atoms with Crippen molar-refractivity contribution in [1.29, 1.82) is 0 Å². The van der Waals surface area contributed by atoms with Crippen LogP contribution in [0.15, 0.2) is 45.3 Å². The Labute approximate surface area is 139 Å². The quantitative estimate of drug-likeness (QED) is 0.568. The average Bonchev–Trinajstić information content (AvgIpc) is 2.48. The Morgan fingerprint density at radius 3 is 2.62 bits per heavy atom. The molecule has 0 fully saturated rings. The maximum atomic E-state index is 13.3. The molecule has 2 aromatic rings. The molecule has 112 valence electrons. The second kappa shape index (κ2) is 7.35. The molecule has 1 atom stereocenters. The normalized spacial score (nSPS) is 12.2. The van der Waals surface area contributed by atoms with E-state index in [0.717, 1.165) is 21.3 Å². The van der Waals surface area contributed by atoms with Crippen molar-refractivity contribution in [2.45, 2.75) is 12.5 Å². The molecule has 0 aromatic heterocycles. The smallest absolute Gasteiger partial charge is 0.137 e. The van der Waals surface area contributed by atoms with Gasteiger partial charge in [-0.1, -0.05) is 22.0 Å². The molecule has 0 saturated heterocycles. The lowest BCUT2D eigenvalue weighted by Crippen LogP contribution is -2.29. The van der Waals surface area contributed by atoms with Crippen molar-refractivity contribution in [3.8, 4) is 5.75 Å². The summed E-state index contributed by atoms with van der Waals surface area (Å²) >= 11 is 6.64. The van der Waals surface area contributed by atoms with E-state index in [1.807, 2.05) is 18.2 Å². The Morgan fingerprint density at radius 2 is 2.00 bits per heavy atom. The summed E-state index contributed by atoms with van der Waals surface area (Å²) in [5, 5.41) is 0. The van der Waals surface area contributed by atoms with E-state index in [4.69, 9.17) is 10.6 Å². The Kier molecular flexibility index (Phi) is 5.75. The van der Waals surface area contributed by atoms with Crippen LogP contribution >= 0.6 is 31.9 Å². The van der Waals surface area contributed by atoms with Gasteiger partial charge in [-0.05, 0) is 63.8 Å². The van der Waals surface area contributed by atoms with Gasteiger partial charge in [0.15, 0.2) is 0 Å². The Morgan fingerprint density at radius 1 is 1.24 bits per heavy atom. The van der Waals surface area contributed by atoms with Gasteiger partial charge in [0.05, 0.1) is 17.6 Å². The molecule has 3 N–H and O–H groups in total. The number of rotatable bonds is 5. The van der Waals surface area contributed by atoms with Gasteiger partial charge in [0, 0.05) is 4.47 Å². The summed E-state index contributed by atoms with van der Waals surface area (Å²) in [5.41, 5.74) is 4.68. The van der Waals surface area contributed by atoms with Crippen molar-refractivity contribution >= 4 is 31.9 Å². The van der Waals surface area contributed by atoms with E-state index >= 15 is 0 Å². The summed E-state index contributed by atoms with van der Waals surface area (Å²) in [4.78, 5) is 0. The minimum Gasteiger partial charge on any atom is -0.496 e. The number of benzene rings is 2. The van der Waals surface area contributed by atoms with Crippen LogP contribution in [0.1, 0.15) is 17.2 Å². The first-order chi connectivity index (χ1) is 10.0. The predicted octanol–water partition coefficient (Wildman–Crippen LogP) is 4.11. The van der Waals surface area contributed by atoms with E-state index in [-0.39, 0.29) is 11.9 Å². The average molecular weight is 418 g/mol. The van der Waals surface area contributed by atoms with E-state index in [1.165, 1.54) is 6.07 Å². The van der Waals surface area contributed by atoms with Gasteiger partial charge >= 0.3 is 0 Å². The summed E-state index contributed by atoms with van der Waals surface area (Å²) in [7, 11) is 1.63. The summed E-state index contributed by atoms with van der Waals surface area (Å²) in [6, 6.07) is 10.5. The van der Waals surface area contributed by atoms with Crippen LogP contribution in [0.25, 0.3) is 0 Å². The molecule has 21 heavy (non-hydrogen) atoms. The Hall–Kier alpha value is -0.950. The zero-order valence-corrected chi connectivity index (χ0v) is 14.5. The number of ether oxygens (including phenoxy) is 1. The van der Waals surface area contributed by atoms with Crippen LogP contribution in [-0.4, -0.2) is 7.11 Å². The zero-order valence-electron chi connectivity index (χ0n) is 11.4. The van der Waals surface area contributed by atoms with Crippen molar-refractivity contribution in [3.05, 3.63) is 62.3 Å². The van der Waals surface area contributed by atoms with Crippen LogP contribution in [-0.2, 0) is 6.42 Å². The fourth-order valence-corrected chi connectivity index (χ4v) is 2.93. The molecule has 0 spiro atoms. The molecule has 0 aliphatic carbocycles. The van der Waals surface area contributed by atoms with E-state index in [2.05, 4.69) is 37.3 Å². The van der Waals surface area contributed by atoms with Crippen molar-refractivity contribution in [1.82, 2.24) is 5.43 Å². The maximum absolute atomic E-state index is 13.3. The Balaban J connectivity index is 2.30. The molecule has 0 amide bonds. The number of hydrogen-bond acceptors (Lipinski definition) is 3. The second-order valence-electron chi connectivity index (χ2n) is 4.55. The number of hydrazine groups is 1. The van der Waals surface area contributed by atoms with E-state index in [1.54, 1.807) is 19.2 Å². The van der Waals surface area contributed by atoms with E-state index in [9.17, 15) is 4.39 Å². The summed E-state index contributed by atoms with van der Waals surface area (Å²) in [5.74, 6) is 6.15. The van der Waals surface area contributed by atoms with Crippen LogP contribution in [0.2, 0.25) is 0 Å². The van der Waals surface area contributed by atoms with Gasteiger partial charge < -0.3 is 4.74 Å². The lowest BCUT2D eigenvalue weighted by molar-refractivity contribution is 0.405. The van der Waals surface area contributed by atoms with Gasteiger partial charge in [-0.2, -0.15) is 0 Å². The molecule has 0 saturated carbocycles. The number of hydrogen-bond donors (Lipinski definition) is 2. The van der Waals surface area contributed by atoms with Crippen molar-refractivity contribution in [3.63, 3.8) is 0 Å². The molecule has 3 nitrogen and oxygen atoms in total. The maximum Gasteiger partial charge on any atom is 0.137 e. The van der Waals surface area contributed by atoms with Crippen LogP contribution in [0.4, 0.5) is 4.39 Å². The number of nitrogens with two attached hydrogens (primary N) is 1. The zero-order chi connectivity index (χ0) is 15.4. The number of nitrogens with one attached hydrogen (secondary N) is 1. The topological polar surface area (TPSA) is 47.3 Å². The van der Waals surface area contributed by atoms with Crippen LogP contribution < -0.4 is 16.0 Å². The summed E-state index contributed by atoms with van der Waals surface area (Å²) < 4.78 is 20.1. The van der Waals surface area contributed by atoms with E-state index < -0.39 is 0 Å².